The highest BCUT2D eigenvalue weighted by molar-refractivity contribution is 7.93. The van der Waals surface area contributed by atoms with Crippen molar-refractivity contribution in [1.29, 1.82) is 0 Å². The summed E-state index contributed by atoms with van der Waals surface area (Å²) in [5.41, 5.74) is 7.08. The second-order valence-electron chi connectivity index (χ2n) is 7.05. The van der Waals surface area contributed by atoms with Crippen molar-refractivity contribution in [2.45, 2.75) is 28.7 Å². The molecule has 1 aliphatic heterocycles. The zero-order valence-corrected chi connectivity index (χ0v) is 16.8. The Bertz CT molecular complexity index is 965. The van der Waals surface area contributed by atoms with Gasteiger partial charge in [-0.1, -0.05) is 24.3 Å². The number of benzene rings is 2. The molecule has 150 valence electrons. The van der Waals surface area contributed by atoms with Gasteiger partial charge in [0.15, 0.2) is 0 Å². The summed E-state index contributed by atoms with van der Waals surface area (Å²) >= 11 is 0. The Labute approximate surface area is 164 Å². The Hall–Kier alpha value is -2.42. The largest absolute Gasteiger partial charge is 0.497 e. The standard InChI is InChI=1S/C20H23NO6S/c1-19(13-27-19)12-20(21,18(22)26-3)28(23,24)17-10-6-15(7-11-17)14-4-8-16(25-2)9-5-14/h4-11H,12-13,21H2,1-3H3. The van der Waals surface area contributed by atoms with E-state index in [9.17, 15) is 13.2 Å². The molecule has 2 aromatic carbocycles. The van der Waals surface area contributed by atoms with Crippen molar-refractivity contribution in [2.24, 2.45) is 5.73 Å². The molecule has 0 saturated carbocycles. The molecular formula is C20H23NO6S. The first kappa shape index (κ1) is 20.3. The van der Waals surface area contributed by atoms with Gasteiger partial charge in [0.05, 0.1) is 31.3 Å². The van der Waals surface area contributed by atoms with Crippen LogP contribution in [0.5, 0.6) is 5.75 Å². The van der Waals surface area contributed by atoms with Crippen LogP contribution >= 0.6 is 0 Å². The summed E-state index contributed by atoms with van der Waals surface area (Å²) in [5, 5.41) is 0. The summed E-state index contributed by atoms with van der Waals surface area (Å²) in [4.78, 5) is 10.0. The van der Waals surface area contributed by atoms with Gasteiger partial charge in [0.2, 0.25) is 14.7 Å². The molecule has 2 atom stereocenters. The second-order valence-corrected chi connectivity index (χ2v) is 9.26. The lowest BCUT2D eigenvalue weighted by atomic mass is 10.0. The minimum absolute atomic E-state index is 0.0538. The van der Waals surface area contributed by atoms with Crippen LogP contribution in [0.15, 0.2) is 53.4 Å². The maximum atomic E-state index is 13.2. The Kier molecular flexibility index (Phi) is 5.22. The highest BCUT2D eigenvalue weighted by Crippen LogP contribution is 2.39. The summed E-state index contributed by atoms with van der Waals surface area (Å²) in [7, 11) is -1.51. The van der Waals surface area contributed by atoms with Crippen molar-refractivity contribution in [1.82, 2.24) is 0 Å². The topological polar surface area (TPSA) is 108 Å². The summed E-state index contributed by atoms with van der Waals surface area (Å²) in [6.07, 6.45) is -0.185. The highest BCUT2D eigenvalue weighted by Gasteiger charge is 2.57. The van der Waals surface area contributed by atoms with Gasteiger partial charge in [0.25, 0.3) is 0 Å². The molecule has 1 aliphatic rings. The molecule has 3 rings (SSSR count). The lowest BCUT2D eigenvalue weighted by molar-refractivity contribution is -0.144. The van der Waals surface area contributed by atoms with E-state index < -0.39 is 26.3 Å². The zero-order chi connectivity index (χ0) is 20.6. The molecule has 8 heteroatoms. The van der Waals surface area contributed by atoms with Crippen LogP contribution in [0.25, 0.3) is 11.1 Å². The molecule has 1 saturated heterocycles. The molecule has 2 N–H and O–H groups in total. The average Bonchev–Trinajstić information content (AvgIpc) is 3.43. The van der Waals surface area contributed by atoms with Crippen molar-refractivity contribution in [3.8, 4) is 16.9 Å². The number of esters is 1. The van der Waals surface area contributed by atoms with Gasteiger partial charge in [-0.15, -0.1) is 0 Å². The maximum Gasteiger partial charge on any atom is 0.342 e. The Balaban J connectivity index is 1.94. The number of epoxide rings is 1. The van der Waals surface area contributed by atoms with E-state index >= 15 is 0 Å². The third-order valence-electron chi connectivity index (χ3n) is 4.87. The van der Waals surface area contributed by atoms with Gasteiger partial charge in [0.1, 0.15) is 5.75 Å². The third kappa shape index (κ3) is 3.63. The second kappa shape index (κ2) is 7.20. The van der Waals surface area contributed by atoms with E-state index in [1.54, 1.807) is 26.2 Å². The summed E-state index contributed by atoms with van der Waals surface area (Å²) < 4.78 is 41.5. The van der Waals surface area contributed by atoms with E-state index in [0.717, 1.165) is 24.0 Å². The number of ether oxygens (including phenoxy) is 3. The normalized spacial score (nSPS) is 20.9. The average molecular weight is 405 g/mol. The number of hydrogen-bond donors (Lipinski definition) is 1. The third-order valence-corrected chi connectivity index (χ3v) is 7.03. The van der Waals surface area contributed by atoms with E-state index in [2.05, 4.69) is 0 Å². The summed E-state index contributed by atoms with van der Waals surface area (Å²) in [6.45, 7) is 2.05. The molecule has 0 aromatic heterocycles. The lowest BCUT2D eigenvalue weighted by Crippen LogP contribution is -2.57. The molecule has 2 unspecified atom stereocenters. The fourth-order valence-electron chi connectivity index (χ4n) is 3.05. The van der Waals surface area contributed by atoms with Crippen LogP contribution in [0, 0.1) is 0 Å². The number of sulfone groups is 1. The van der Waals surface area contributed by atoms with Gasteiger partial charge in [-0.3, -0.25) is 0 Å². The van der Waals surface area contributed by atoms with Crippen LogP contribution < -0.4 is 10.5 Å². The molecule has 0 amide bonds. The lowest BCUT2D eigenvalue weighted by Gasteiger charge is -2.28. The smallest absolute Gasteiger partial charge is 0.342 e. The van der Waals surface area contributed by atoms with E-state index in [4.69, 9.17) is 19.9 Å². The number of carbonyl (C=O) groups excluding carboxylic acids is 1. The molecule has 0 spiro atoms. The first-order valence-electron chi connectivity index (χ1n) is 8.66. The van der Waals surface area contributed by atoms with Crippen LogP contribution in [0.2, 0.25) is 0 Å². The van der Waals surface area contributed by atoms with Crippen LogP contribution in [0.1, 0.15) is 13.3 Å². The van der Waals surface area contributed by atoms with Gasteiger partial charge in [-0.05, 0) is 42.3 Å². The minimum Gasteiger partial charge on any atom is -0.497 e. The molecule has 0 bridgehead atoms. The molecule has 1 heterocycles. The SMILES string of the molecule is COC(=O)C(N)(CC1(C)CO1)S(=O)(=O)c1ccc(-c2ccc(OC)cc2)cc1. The first-order chi connectivity index (χ1) is 13.1. The predicted octanol–water partition coefficient (Wildman–Crippen LogP) is 2.14. The van der Waals surface area contributed by atoms with Crippen molar-refractivity contribution in [3.05, 3.63) is 48.5 Å². The number of nitrogens with two attached hydrogens (primary N) is 1. The molecule has 1 fully saturated rings. The monoisotopic (exact) mass is 405 g/mol. The van der Waals surface area contributed by atoms with Crippen LogP contribution in [0.4, 0.5) is 0 Å². The Morgan fingerprint density at radius 3 is 2.04 bits per heavy atom. The Morgan fingerprint density at radius 2 is 1.61 bits per heavy atom. The highest BCUT2D eigenvalue weighted by atomic mass is 32.2. The number of carbonyl (C=O) groups is 1. The van der Waals surface area contributed by atoms with E-state index in [0.29, 0.717) is 6.61 Å². The van der Waals surface area contributed by atoms with Gasteiger partial charge >= 0.3 is 5.97 Å². The predicted molar refractivity (Wildman–Crippen MR) is 104 cm³/mol. The molecule has 0 radical (unpaired) electrons. The van der Waals surface area contributed by atoms with Gasteiger partial charge in [-0.2, -0.15) is 0 Å². The van der Waals surface area contributed by atoms with E-state index in [1.165, 1.54) is 12.1 Å². The van der Waals surface area contributed by atoms with Gasteiger partial charge < -0.3 is 19.9 Å². The summed E-state index contributed by atoms with van der Waals surface area (Å²) in [5.74, 6) is -0.284. The Morgan fingerprint density at radius 1 is 1.11 bits per heavy atom. The molecule has 0 aliphatic carbocycles. The van der Waals surface area contributed by atoms with Crippen LogP contribution in [0.3, 0.4) is 0 Å². The van der Waals surface area contributed by atoms with Crippen LogP contribution in [-0.2, 0) is 24.1 Å². The van der Waals surface area contributed by atoms with Crippen molar-refractivity contribution in [3.63, 3.8) is 0 Å². The molecule has 28 heavy (non-hydrogen) atoms. The summed E-state index contributed by atoms with van der Waals surface area (Å²) in [6, 6.07) is 13.6. The van der Waals surface area contributed by atoms with Crippen molar-refractivity contribution in [2.75, 3.05) is 20.8 Å². The molecular weight excluding hydrogens is 382 g/mol. The maximum absolute atomic E-state index is 13.2. The minimum atomic E-state index is -4.21. The zero-order valence-electron chi connectivity index (χ0n) is 16.0. The molecule has 2 aromatic rings. The van der Waals surface area contributed by atoms with Crippen molar-refractivity contribution >= 4 is 15.8 Å². The van der Waals surface area contributed by atoms with E-state index in [-0.39, 0.29) is 11.3 Å². The van der Waals surface area contributed by atoms with Crippen LogP contribution in [-0.4, -0.2) is 45.7 Å². The fraction of sp³-hybridized carbons (Fsp3) is 0.350. The fourth-order valence-corrected chi connectivity index (χ4v) is 4.76. The number of methoxy groups -OCH3 is 2. The van der Waals surface area contributed by atoms with E-state index in [1.807, 2.05) is 24.3 Å². The molecule has 7 nitrogen and oxygen atoms in total. The first-order valence-corrected chi connectivity index (χ1v) is 10.1. The van der Waals surface area contributed by atoms with Crippen molar-refractivity contribution < 1.29 is 27.4 Å². The van der Waals surface area contributed by atoms with Gasteiger partial charge in [-0.25, -0.2) is 13.2 Å². The number of hydrogen-bond acceptors (Lipinski definition) is 7. The van der Waals surface area contributed by atoms with Gasteiger partial charge in [0, 0.05) is 6.42 Å². The quantitative estimate of drug-likeness (QED) is 0.555. The number of rotatable bonds is 7.